The Balaban J connectivity index is 0.923. The summed E-state index contributed by atoms with van der Waals surface area (Å²) in [5.41, 5.74) is 7.13. The Labute approximate surface area is 393 Å². The van der Waals surface area contributed by atoms with Crippen LogP contribution in [0, 0.1) is 5.92 Å². The van der Waals surface area contributed by atoms with E-state index in [0.717, 1.165) is 62.6 Å². The van der Waals surface area contributed by atoms with Crippen LogP contribution in [0.15, 0.2) is 239 Å². The summed E-state index contributed by atoms with van der Waals surface area (Å²) in [5, 5.41) is 30.0. The molecule has 1 atom stereocenters. The van der Waals surface area contributed by atoms with Crippen molar-refractivity contribution in [3.8, 4) is 0 Å². The number of hydrogen-bond acceptors (Lipinski definition) is 8. The average molecular weight is 897 g/mol. The first-order valence-electron chi connectivity index (χ1n) is 22.0. The predicted octanol–water partition coefficient (Wildman–Crippen LogP) is 11.1. The van der Waals surface area contributed by atoms with Crippen LogP contribution in [0.1, 0.15) is 24.8 Å². The largest absolute Gasteiger partial charge is 0.476 e. The van der Waals surface area contributed by atoms with Gasteiger partial charge >= 0.3 is 11.9 Å². The first-order chi connectivity index (χ1) is 33.2. The van der Waals surface area contributed by atoms with Crippen LogP contribution < -0.4 is 19.8 Å². The molecule has 0 bridgehead atoms. The molecule has 2 aliphatic carbocycles. The molecule has 4 aliphatic rings. The molecular weight excluding hydrogens is 853 g/mol. The zero-order valence-electron chi connectivity index (χ0n) is 36.6. The number of benzene rings is 5. The van der Waals surface area contributed by atoms with Crippen LogP contribution in [0.5, 0.6) is 0 Å². The standard InChI is InChI=1S/C56H44N6O6/c63-53-49(51(55(65)66)57-61(53)47-21-9-3-10-22-47)25-13-15-39-27-31-43(32-28-39)59(41-17-5-1-6-18-41)45-35-37-46(38-36-45)60(42-19-7-2-8-20-42)44-33-29-40(30-34-44)16-14-26-50-52(56(67)68)58-62(54(50)64)48-23-11-4-12-24-48/h1,3-7,9-27,29-39H,2,8,28H2,(H,65,66)(H,67,68)/b15-13+,16-14+,49-25+,50-26-. The fraction of sp³-hybridized carbons (Fsp3) is 0.0714. The normalized spacial score (nSPS) is 18.1. The highest BCUT2D eigenvalue weighted by Crippen LogP contribution is 2.38. The van der Waals surface area contributed by atoms with Crippen molar-refractivity contribution in [2.45, 2.75) is 19.3 Å². The average Bonchev–Trinajstić information content (AvgIpc) is 3.89. The lowest BCUT2D eigenvalue weighted by atomic mass is 9.97. The number of hydrogen-bond donors (Lipinski definition) is 2. The lowest BCUT2D eigenvalue weighted by Crippen LogP contribution is -2.22. The Morgan fingerprint density at radius 1 is 0.559 bits per heavy atom. The van der Waals surface area contributed by atoms with E-state index in [1.54, 1.807) is 60.7 Å². The summed E-state index contributed by atoms with van der Waals surface area (Å²) < 4.78 is 0. The highest BCUT2D eigenvalue weighted by atomic mass is 16.4. The maximum atomic E-state index is 13.2. The van der Waals surface area contributed by atoms with Crippen LogP contribution in [-0.2, 0) is 19.2 Å². The van der Waals surface area contributed by atoms with Crippen LogP contribution in [-0.4, -0.2) is 45.4 Å². The van der Waals surface area contributed by atoms with E-state index < -0.39 is 23.8 Å². The van der Waals surface area contributed by atoms with E-state index in [9.17, 15) is 29.4 Å². The number of para-hydroxylation sites is 3. The molecule has 0 radical (unpaired) electrons. The van der Waals surface area contributed by atoms with Gasteiger partial charge in [0.15, 0.2) is 11.4 Å². The molecule has 0 saturated heterocycles. The van der Waals surface area contributed by atoms with Crippen molar-refractivity contribution in [2.24, 2.45) is 16.1 Å². The van der Waals surface area contributed by atoms with Crippen LogP contribution in [0.3, 0.4) is 0 Å². The Morgan fingerprint density at radius 3 is 1.50 bits per heavy atom. The summed E-state index contributed by atoms with van der Waals surface area (Å²) in [6.07, 6.45) is 25.6. The second-order valence-electron chi connectivity index (χ2n) is 15.9. The summed E-state index contributed by atoms with van der Waals surface area (Å²) >= 11 is 0. The number of carbonyl (C=O) groups excluding carboxylic acids is 2. The fourth-order valence-electron chi connectivity index (χ4n) is 8.14. The van der Waals surface area contributed by atoms with Gasteiger partial charge in [0.25, 0.3) is 11.8 Å². The zero-order valence-corrected chi connectivity index (χ0v) is 36.6. The van der Waals surface area contributed by atoms with Gasteiger partial charge < -0.3 is 20.0 Å². The van der Waals surface area contributed by atoms with Crippen LogP contribution in [0.4, 0.5) is 34.1 Å². The smallest absolute Gasteiger partial charge is 0.357 e. The third-order valence-electron chi connectivity index (χ3n) is 11.5. The van der Waals surface area contributed by atoms with Crippen molar-refractivity contribution < 1.29 is 29.4 Å². The fourth-order valence-corrected chi connectivity index (χ4v) is 8.14. The second-order valence-corrected chi connectivity index (χ2v) is 15.9. The summed E-state index contributed by atoms with van der Waals surface area (Å²) in [7, 11) is 0. The summed E-state index contributed by atoms with van der Waals surface area (Å²) in [6.45, 7) is 0. The number of allylic oxidation sites excluding steroid dienone is 11. The summed E-state index contributed by atoms with van der Waals surface area (Å²) in [6, 6.07) is 44.1. The van der Waals surface area contributed by atoms with Gasteiger partial charge in [-0.25, -0.2) is 9.59 Å². The lowest BCUT2D eigenvalue weighted by molar-refractivity contribution is -0.130. The minimum absolute atomic E-state index is 0.00278. The molecule has 334 valence electrons. The quantitative estimate of drug-likeness (QED) is 0.105. The molecule has 0 spiro atoms. The molecule has 2 heterocycles. The molecule has 5 aromatic carbocycles. The van der Waals surface area contributed by atoms with Crippen molar-refractivity contribution in [2.75, 3.05) is 19.8 Å². The number of rotatable bonds is 14. The second kappa shape index (κ2) is 19.9. The Hall–Kier alpha value is -9.16. The number of aliphatic carboxylic acids is 2. The van der Waals surface area contributed by atoms with Gasteiger partial charge in [0.05, 0.1) is 22.5 Å². The maximum absolute atomic E-state index is 13.2. The third kappa shape index (κ3) is 9.46. The lowest BCUT2D eigenvalue weighted by Gasteiger charge is -2.30. The molecule has 2 aliphatic heterocycles. The van der Waals surface area contributed by atoms with Crippen molar-refractivity contribution in [3.63, 3.8) is 0 Å². The number of carboxylic acids is 2. The van der Waals surface area contributed by atoms with Crippen molar-refractivity contribution >= 4 is 75.4 Å². The summed E-state index contributed by atoms with van der Waals surface area (Å²) in [4.78, 5) is 54.9. The molecule has 12 nitrogen and oxygen atoms in total. The molecule has 0 aromatic heterocycles. The molecular formula is C56H44N6O6. The van der Waals surface area contributed by atoms with Gasteiger partial charge in [-0.1, -0.05) is 115 Å². The number of anilines is 6. The predicted molar refractivity (Wildman–Crippen MR) is 268 cm³/mol. The van der Waals surface area contributed by atoms with Crippen molar-refractivity contribution in [1.29, 1.82) is 0 Å². The van der Waals surface area contributed by atoms with Crippen LogP contribution in [0.2, 0.25) is 0 Å². The van der Waals surface area contributed by atoms with E-state index in [-0.39, 0.29) is 28.5 Å². The number of carbonyl (C=O) groups is 4. The molecule has 2 N–H and O–H groups in total. The van der Waals surface area contributed by atoms with Crippen LogP contribution in [0.25, 0.3) is 6.08 Å². The minimum atomic E-state index is -1.28. The Bertz CT molecular complexity index is 3070. The van der Waals surface area contributed by atoms with Gasteiger partial charge in [-0.15, -0.1) is 0 Å². The zero-order chi connectivity index (χ0) is 47.0. The molecule has 9 rings (SSSR count). The monoisotopic (exact) mass is 896 g/mol. The Kier molecular flexibility index (Phi) is 12.9. The van der Waals surface area contributed by atoms with Gasteiger partial charge in [-0.3, -0.25) is 9.59 Å². The van der Waals surface area contributed by atoms with E-state index in [4.69, 9.17) is 0 Å². The SMILES string of the molecule is O=C(O)C1=NN(c2ccccc2)C(=O)/C1=C\C=C\c1ccc(N(C2=CCCC=C2)c2ccc(N(C3=CCC(/C=C/C=C4/C(=O)N(c5ccccc5)N=C4C(=O)O)C=C3)c3ccccc3)cc2)cc1. The van der Waals surface area contributed by atoms with Crippen molar-refractivity contribution in [3.05, 3.63) is 234 Å². The Morgan fingerprint density at radius 2 is 1.03 bits per heavy atom. The van der Waals surface area contributed by atoms with E-state index in [2.05, 4.69) is 92.9 Å². The minimum Gasteiger partial charge on any atom is -0.476 e. The van der Waals surface area contributed by atoms with Gasteiger partial charge in [-0.05, 0) is 128 Å². The topological polar surface area (TPSA) is 146 Å². The number of amides is 2. The van der Waals surface area contributed by atoms with E-state index in [1.165, 1.54) is 12.2 Å². The van der Waals surface area contributed by atoms with Crippen LogP contribution >= 0.6 is 0 Å². The highest BCUT2D eigenvalue weighted by Gasteiger charge is 2.36. The number of nitrogens with zero attached hydrogens (tertiary/aromatic N) is 6. The first kappa shape index (κ1) is 44.1. The van der Waals surface area contributed by atoms with E-state index in [0.29, 0.717) is 17.8 Å². The molecule has 2 amide bonds. The number of hydrazone groups is 2. The van der Waals surface area contributed by atoms with Gasteiger partial charge in [0.2, 0.25) is 0 Å². The van der Waals surface area contributed by atoms with Crippen molar-refractivity contribution in [1.82, 2.24) is 0 Å². The molecule has 5 aromatic rings. The number of carboxylic acid groups (broad SMARTS) is 2. The third-order valence-corrected chi connectivity index (χ3v) is 11.5. The molecule has 0 saturated carbocycles. The molecule has 0 fully saturated rings. The first-order valence-corrected chi connectivity index (χ1v) is 22.0. The van der Waals surface area contributed by atoms with E-state index in [1.807, 2.05) is 66.7 Å². The maximum Gasteiger partial charge on any atom is 0.357 e. The van der Waals surface area contributed by atoms with Gasteiger partial charge in [0, 0.05) is 34.1 Å². The highest BCUT2D eigenvalue weighted by molar-refractivity contribution is 6.53. The van der Waals surface area contributed by atoms with E-state index >= 15 is 0 Å². The molecule has 68 heavy (non-hydrogen) atoms. The van der Waals surface area contributed by atoms with Gasteiger partial charge in [0.1, 0.15) is 0 Å². The summed E-state index contributed by atoms with van der Waals surface area (Å²) in [5.74, 6) is -3.56. The molecule has 1 unspecified atom stereocenters. The van der Waals surface area contributed by atoms with Gasteiger partial charge in [-0.2, -0.15) is 20.2 Å². The molecule has 12 heteroatoms.